The van der Waals surface area contributed by atoms with Crippen molar-refractivity contribution in [1.29, 1.82) is 0 Å². The van der Waals surface area contributed by atoms with E-state index >= 15 is 0 Å². The van der Waals surface area contributed by atoms with Crippen molar-refractivity contribution in [3.8, 4) is 5.69 Å². The van der Waals surface area contributed by atoms with Crippen LogP contribution in [0.25, 0.3) is 16.6 Å². The third-order valence-electron chi connectivity index (χ3n) is 6.03. The van der Waals surface area contributed by atoms with E-state index in [0.717, 1.165) is 15.4 Å². The maximum Gasteiger partial charge on any atom is 0.336 e. The first-order valence-electron chi connectivity index (χ1n) is 11.6. The molecule has 2 aromatic heterocycles. The first-order valence-corrected chi connectivity index (χ1v) is 14.6. The number of halogens is 2. The zero-order chi connectivity index (χ0) is 28.6. The predicted octanol–water partition coefficient (Wildman–Crippen LogP) is 2.40. The van der Waals surface area contributed by atoms with Gasteiger partial charge in [-0.1, -0.05) is 6.07 Å². The number of aryl methyl sites for hydroxylation is 1. The van der Waals surface area contributed by atoms with Gasteiger partial charge in [-0.15, -0.1) is 0 Å². The molecule has 4 aromatic rings. The number of aliphatic hydroxyl groups is 1. The second kappa shape index (κ2) is 10.9. The lowest BCUT2D eigenvalue weighted by atomic mass is 10.1. The van der Waals surface area contributed by atoms with Crippen molar-refractivity contribution in [2.45, 2.75) is 19.9 Å². The number of sulfonamides is 1. The number of nitrogens with one attached hydrogen (secondary N) is 2. The first kappa shape index (κ1) is 28.5. The van der Waals surface area contributed by atoms with Gasteiger partial charge in [0.15, 0.2) is 0 Å². The van der Waals surface area contributed by atoms with Crippen LogP contribution >= 0.6 is 22.6 Å². The first-order chi connectivity index (χ1) is 18.3. The normalized spacial score (nSPS) is 11.6. The summed E-state index contributed by atoms with van der Waals surface area (Å²) in [6.45, 7) is 1.04. The van der Waals surface area contributed by atoms with Crippen LogP contribution in [0.1, 0.15) is 12.0 Å². The number of hydrogen-bond acceptors (Lipinski definition) is 7. The average molecular weight is 669 g/mol. The second-order valence-electron chi connectivity index (χ2n) is 8.89. The number of fused-ring (bicyclic) bond motifs is 1. The van der Waals surface area contributed by atoms with Gasteiger partial charge in [-0.2, -0.15) is 0 Å². The minimum Gasteiger partial charge on any atom is -0.396 e. The molecule has 0 atom stereocenters. The van der Waals surface area contributed by atoms with Crippen LogP contribution < -0.4 is 26.8 Å². The Kier molecular flexibility index (Phi) is 7.99. The molecule has 39 heavy (non-hydrogen) atoms. The molecule has 4 rings (SSSR count). The minimum atomic E-state index is -3.64. The molecule has 0 spiro atoms. The van der Waals surface area contributed by atoms with Gasteiger partial charge in [-0.3, -0.25) is 28.0 Å². The Morgan fingerprint density at radius 3 is 2.44 bits per heavy atom. The van der Waals surface area contributed by atoms with Gasteiger partial charge in [-0.05, 0) is 72.3 Å². The van der Waals surface area contributed by atoms with E-state index in [1.54, 1.807) is 6.07 Å². The number of nitrogens with zero attached hydrogens (tertiary/aromatic N) is 3. The molecule has 206 valence electrons. The summed E-state index contributed by atoms with van der Waals surface area (Å²) >= 11 is 1.95. The molecule has 0 radical (unpaired) electrons. The van der Waals surface area contributed by atoms with E-state index in [4.69, 9.17) is 0 Å². The van der Waals surface area contributed by atoms with Gasteiger partial charge in [-0.25, -0.2) is 17.6 Å². The van der Waals surface area contributed by atoms with Gasteiger partial charge in [0, 0.05) is 29.3 Å². The molecule has 0 aliphatic rings. The van der Waals surface area contributed by atoms with Crippen molar-refractivity contribution in [3.05, 3.63) is 88.6 Å². The molecule has 3 N–H and O–H groups in total. The van der Waals surface area contributed by atoms with Crippen molar-refractivity contribution < 1.29 is 17.9 Å². The Hall–Kier alpha value is -3.50. The fourth-order valence-corrected chi connectivity index (χ4v) is 5.30. The summed E-state index contributed by atoms with van der Waals surface area (Å²) in [5.74, 6) is -0.654. The number of aromatic nitrogens is 3. The third-order valence-corrected chi connectivity index (χ3v) is 7.30. The smallest absolute Gasteiger partial charge is 0.336 e. The molecule has 14 heteroatoms. The number of pyridine rings is 1. The molecule has 0 fully saturated rings. The van der Waals surface area contributed by atoms with Crippen molar-refractivity contribution in [2.75, 3.05) is 22.9 Å². The molecule has 0 aliphatic heterocycles. The minimum absolute atomic E-state index is 0.00831. The van der Waals surface area contributed by atoms with Crippen molar-refractivity contribution in [2.24, 2.45) is 7.05 Å². The molecular weight excluding hydrogens is 644 g/mol. The zero-order valence-electron chi connectivity index (χ0n) is 21.2. The molecule has 0 bridgehead atoms. The van der Waals surface area contributed by atoms with Crippen LogP contribution in [0.3, 0.4) is 0 Å². The van der Waals surface area contributed by atoms with Crippen LogP contribution in [0.4, 0.5) is 21.6 Å². The van der Waals surface area contributed by atoms with Gasteiger partial charge in [0.25, 0.3) is 11.1 Å². The Labute approximate surface area is 235 Å². The molecule has 0 aliphatic carbocycles. The largest absolute Gasteiger partial charge is 0.396 e. The van der Waals surface area contributed by atoms with Crippen molar-refractivity contribution in [1.82, 2.24) is 13.7 Å². The van der Waals surface area contributed by atoms with E-state index < -0.39 is 32.6 Å². The summed E-state index contributed by atoms with van der Waals surface area (Å²) in [6, 6.07) is 10.3. The van der Waals surface area contributed by atoms with E-state index in [-0.39, 0.29) is 58.9 Å². The maximum atomic E-state index is 14.8. The lowest BCUT2D eigenvalue weighted by molar-refractivity contribution is 0.278. The fraction of sp³-hybridized carbons (Fsp3) is 0.240. The van der Waals surface area contributed by atoms with Crippen LogP contribution in [-0.2, 0) is 23.6 Å². The zero-order valence-corrected chi connectivity index (χ0v) is 24.1. The number of hydrogen-bond donors (Lipinski definition) is 3. The molecule has 0 saturated heterocycles. The Morgan fingerprint density at radius 2 is 1.79 bits per heavy atom. The Bertz CT molecular complexity index is 1900. The fourth-order valence-electron chi connectivity index (χ4n) is 4.29. The highest BCUT2D eigenvalue weighted by molar-refractivity contribution is 14.1. The van der Waals surface area contributed by atoms with E-state index in [9.17, 15) is 32.3 Å². The second-order valence-corrected chi connectivity index (χ2v) is 11.9. The SMILES string of the molecule is Cc1c(=O)n(C)c(Nc2ccc(I)cc2F)c2c(=O)n(CCCO)c(=O)n(-c3cccc(NS(C)(=O)=O)c3)c12. The highest BCUT2D eigenvalue weighted by Gasteiger charge is 2.24. The van der Waals surface area contributed by atoms with Gasteiger partial charge in [0.2, 0.25) is 10.0 Å². The van der Waals surface area contributed by atoms with E-state index in [1.165, 1.54) is 54.9 Å². The lowest BCUT2D eigenvalue weighted by Gasteiger charge is -2.21. The van der Waals surface area contributed by atoms with Crippen molar-refractivity contribution in [3.63, 3.8) is 0 Å². The molecule has 11 nitrogen and oxygen atoms in total. The summed E-state index contributed by atoms with van der Waals surface area (Å²) in [6.07, 6.45) is 1.07. The molecule has 0 saturated carbocycles. The van der Waals surface area contributed by atoms with E-state index in [0.29, 0.717) is 3.57 Å². The van der Waals surface area contributed by atoms with Gasteiger partial charge >= 0.3 is 5.69 Å². The summed E-state index contributed by atoms with van der Waals surface area (Å²) in [7, 11) is -2.22. The molecule has 0 unspecified atom stereocenters. The van der Waals surface area contributed by atoms with Gasteiger partial charge in [0.05, 0.1) is 28.8 Å². The number of anilines is 3. The number of rotatable bonds is 8. The summed E-state index contributed by atoms with van der Waals surface area (Å²) in [5.41, 5.74) is -1.67. The Morgan fingerprint density at radius 1 is 1.08 bits per heavy atom. The molecule has 2 aromatic carbocycles. The monoisotopic (exact) mass is 669 g/mol. The standard InChI is InChI=1S/C25H25FIN5O6S/c1-14-21-20(22(30(2)23(14)34)28-19-9-8-15(27)12-18(19)26)24(35)31(10-5-11-33)25(36)32(21)17-7-4-6-16(13-17)29-39(3,37)38/h4,6-9,12-13,28-29,33H,5,10-11H2,1-3H3. The average Bonchev–Trinajstić information content (AvgIpc) is 2.85. The van der Waals surface area contributed by atoms with Crippen LogP contribution in [-0.4, -0.2) is 40.1 Å². The number of benzene rings is 2. The lowest BCUT2D eigenvalue weighted by Crippen LogP contribution is -2.41. The molecular formula is C25H25FIN5O6S. The third kappa shape index (κ3) is 5.62. The van der Waals surface area contributed by atoms with Crippen molar-refractivity contribution >= 4 is 60.7 Å². The molecule has 2 heterocycles. The summed E-state index contributed by atoms with van der Waals surface area (Å²) in [5, 5.41) is 12.2. The predicted molar refractivity (Wildman–Crippen MR) is 156 cm³/mol. The Balaban J connectivity index is 2.16. The maximum absolute atomic E-state index is 14.8. The quantitative estimate of drug-likeness (QED) is 0.245. The van der Waals surface area contributed by atoms with Crippen LogP contribution in [0.5, 0.6) is 0 Å². The van der Waals surface area contributed by atoms with Crippen LogP contribution in [0, 0.1) is 16.3 Å². The van der Waals surface area contributed by atoms with Gasteiger partial charge in [0.1, 0.15) is 17.0 Å². The van der Waals surface area contributed by atoms with E-state index in [2.05, 4.69) is 10.0 Å². The summed E-state index contributed by atoms with van der Waals surface area (Å²) < 4.78 is 44.7. The van der Waals surface area contributed by atoms with E-state index in [1.807, 2.05) is 22.6 Å². The number of aliphatic hydroxyl groups excluding tert-OH is 1. The van der Waals surface area contributed by atoms with Crippen LogP contribution in [0.15, 0.2) is 56.8 Å². The highest BCUT2D eigenvalue weighted by atomic mass is 127. The molecule has 0 amide bonds. The highest BCUT2D eigenvalue weighted by Crippen LogP contribution is 2.28. The summed E-state index contributed by atoms with van der Waals surface area (Å²) in [4.78, 5) is 40.8. The van der Waals surface area contributed by atoms with Gasteiger partial charge < -0.3 is 10.4 Å². The van der Waals surface area contributed by atoms with Crippen LogP contribution in [0.2, 0.25) is 0 Å². The topological polar surface area (TPSA) is 144 Å².